The SMILES string of the molecule is C[N+](Cc1ccc(S(C)(=O)=O)cc1)(c1cccc(-c2cccc(Oc3ccccc3)c2)c1)S(C)(=O)=O. The number of hydrogen-bond acceptors (Lipinski definition) is 5. The molecule has 0 saturated carbocycles. The van der Waals surface area contributed by atoms with E-state index in [1.807, 2.05) is 72.8 Å². The van der Waals surface area contributed by atoms with E-state index in [9.17, 15) is 16.8 Å². The monoisotopic (exact) mass is 522 g/mol. The smallest absolute Gasteiger partial charge is 0.299 e. The molecule has 0 heterocycles. The Balaban J connectivity index is 1.68. The minimum atomic E-state index is -3.61. The van der Waals surface area contributed by atoms with Crippen molar-refractivity contribution in [1.29, 1.82) is 0 Å². The van der Waals surface area contributed by atoms with E-state index >= 15 is 0 Å². The van der Waals surface area contributed by atoms with Gasteiger partial charge in [0.2, 0.25) is 0 Å². The first kappa shape index (κ1) is 25.6. The summed E-state index contributed by atoms with van der Waals surface area (Å²) in [7, 11) is -5.30. The summed E-state index contributed by atoms with van der Waals surface area (Å²) >= 11 is 0. The topological polar surface area (TPSA) is 77.5 Å². The van der Waals surface area contributed by atoms with Gasteiger partial charge in [-0.15, -0.1) is 0 Å². The molecule has 0 N–H and O–H groups in total. The van der Waals surface area contributed by atoms with Crippen LogP contribution in [-0.2, 0) is 26.4 Å². The van der Waals surface area contributed by atoms with Crippen LogP contribution in [0.1, 0.15) is 5.56 Å². The van der Waals surface area contributed by atoms with Crippen LogP contribution < -0.4 is 8.63 Å². The predicted molar refractivity (Wildman–Crippen MR) is 144 cm³/mol. The van der Waals surface area contributed by atoms with Gasteiger partial charge in [-0.1, -0.05) is 54.6 Å². The number of benzene rings is 4. The molecular weight excluding hydrogens is 494 g/mol. The number of nitrogens with zero attached hydrogens (tertiary/aromatic N) is 1. The molecule has 186 valence electrons. The van der Waals surface area contributed by atoms with Crippen molar-refractivity contribution in [3.63, 3.8) is 0 Å². The first-order valence-corrected chi connectivity index (χ1v) is 15.0. The van der Waals surface area contributed by atoms with Crippen LogP contribution in [0.25, 0.3) is 11.1 Å². The molecule has 0 aliphatic heterocycles. The second-order valence-electron chi connectivity index (χ2n) is 8.90. The quantitative estimate of drug-likeness (QED) is 0.280. The van der Waals surface area contributed by atoms with Crippen LogP contribution in [0, 0.1) is 0 Å². The van der Waals surface area contributed by atoms with E-state index in [1.165, 1.54) is 18.4 Å². The Morgan fingerprint density at radius 3 is 1.86 bits per heavy atom. The summed E-state index contributed by atoms with van der Waals surface area (Å²) in [5, 5.41) is 0. The molecule has 1 unspecified atom stereocenters. The number of ether oxygens (including phenoxy) is 1. The van der Waals surface area contributed by atoms with Crippen molar-refractivity contribution < 1.29 is 21.6 Å². The Labute approximate surface area is 213 Å². The molecule has 0 amide bonds. The van der Waals surface area contributed by atoms with Crippen molar-refractivity contribution >= 4 is 25.5 Å². The molecular formula is C28H28NO5S2+. The summed E-state index contributed by atoms with van der Waals surface area (Å²) in [5.41, 5.74) is 3.05. The fraction of sp³-hybridized carbons (Fsp3) is 0.143. The zero-order valence-electron chi connectivity index (χ0n) is 20.3. The van der Waals surface area contributed by atoms with Gasteiger partial charge in [-0.05, 0) is 47.5 Å². The van der Waals surface area contributed by atoms with Crippen molar-refractivity contribution in [2.75, 3.05) is 19.6 Å². The highest BCUT2D eigenvalue weighted by Crippen LogP contribution is 2.34. The van der Waals surface area contributed by atoms with Crippen LogP contribution in [-0.4, -0.2) is 36.4 Å². The Hall–Kier alpha value is -3.46. The number of para-hydroxylation sites is 1. The first-order chi connectivity index (χ1) is 17.0. The molecule has 0 aliphatic carbocycles. The predicted octanol–water partition coefficient (Wildman–Crippen LogP) is 5.65. The summed E-state index contributed by atoms with van der Waals surface area (Å²) in [6.07, 6.45) is 2.35. The summed E-state index contributed by atoms with van der Waals surface area (Å²) in [6, 6.07) is 30.9. The summed E-state index contributed by atoms with van der Waals surface area (Å²) < 4.78 is 55.3. The fourth-order valence-corrected chi connectivity index (χ4v) is 5.44. The molecule has 4 rings (SSSR count). The first-order valence-electron chi connectivity index (χ1n) is 11.2. The lowest BCUT2D eigenvalue weighted by Crippen LogP contribution is -2.49. The Kier molecular flexibility index (Phi) is 7.04. The van der Waals surface area contributed by atoms with Gasteiger partial charge in [0.05, 0.1) is 18.2 Å². The number of hydrogen-bond donors (Lipinski definition) is 0. The number of sulfone groups is 1. The third-order valence-corrected chi connectivity index (χ3v) is 9.04. The van der Waals surface area contributed by atoms with Crippen LogP contribution >= 0.6 is 0 Å². The molecule has 4 aromatic rings. The van der Waals surface area contributed by atoms with Crippen LogP contribution in [0.5, 0.6) is 11.5 Å². The van der Waals surface area contributed by atoms with Crippen LogP contribution in [0.15, 0.2) is 108 Å². The highest BCUT2D eigenvalue weighted by Gasteiger charge is 2.36. The number of quaternary nitrogens is 1. The van der Waals surface area contributed by atoms with Gasteiger partial charge < -0.3 is 4.74 Å². The van der Waals surface area contributed by atoms with Crippen molar-refractivity contribution in [2.45, 2.75) is 11.4 Å². The van der Waals surface area contributed by atoms with Gasteiger partial charge >= 0.3 is 0 Å². The maximum atomic E-state index is 13.0. The van der Waals surface area contributed by atoms with E-state index in [2.05, 4.69) is 0 Å². The van der Waals surface area contributed by atoms with E-state index in [4.69, 9.17) is 4.74 Å². The molecule has 0 aromatic heterocycles. The normalized spacial score (nSPS) is 13.6. The minimum Gasteiger partial charge on any atom is -0.457 e. The average molecular weight is 523 g/mol. The maximum absolute atomic E-state index is 13.0. The van der Waals surface area contributed by atoms with E-state index in [-0.39, 0.29) is 15.3 Å². The summed E-state index contributed by atoms with van der Waals surface area (Å²) in [6.45, 7) is 0.142. The molecule has 4 aromatic carbocycles. The molecule has 0 radical (unpaired) electrons. The molecule has 8 heteroatoms. The number of sulfonamides is 1. The lowest BCUT2D eigenvalue weighted by atomic mass is 10.0. The molecule has 0 spiro atoms. The Bertz CT molecular complexity index is 1580. The zero-order chi connectivity index (χ0) is 26.0. The molecule has 6 nitrogen and oxygen atoms in total. The highest BCUT2D eigenvalue weighted by molar-refractivity contribution is 7.90. The van der Waals surface area contributed by atoms with Gasteiger partial charge in [0.1, 0.15) is 23.7 Å². The highest BCUT2D eigenvalue weighted by atomic mass is 32.2. The van der Waals surface area contributed by atoms with Crippen molar-refractivity contribution in [2.24, 2.45) is 0 Å². The minimum absolute atomic E-state index is 0.142. The van der Waals surface area contributed by atoms with Gasteiger partial charge in [-0.2, -0.15) is 12.3 Å². The van der Waals surface area contributed by atoms with Crippen molar-refractivity contribution in [1.82, 2.24) is 3.89 Å². The molecule has 0 fully saturated rings. The van der Waals surface area contributed by atoms with Crippen LogP contribution in [0.3, 0.4) is 0 Å². The standard InChI is InChI=1S/C28H28NO5S2/c1-29(36(3,32)33,21-22-15-17-28(18-16-22)35(2,30)31)25-11-7-9-23(19-25)24-10-8-14-27(20-24)34-26-12-5-4-6-13-26/h4-20H,21H2,1-3H3/q+1. The summed E-state index contributed by atoms with van der Waals surface area (Å²) in [5.74, 6) is 1.40. The second-order valence-corrected chi connectivity index (χ2v) is 13.2. The second kappa shape index (κ2) is 9.89. The van der Waals surface area contributed by atoms with E-state index in [1.54, 1.807) is 25.2 Å². The molecule has 1 atom stereocenters. The third-order valence-electron chi connectivity index (χ3n) is 6.11. The van der Waals surface area contributed by atoms with E-state index in [0.717, 1.165) is 23.1 Å². The van der Waals surface area contributed by atoms with Crippen LogP contribution in [0.2, 0.25) is 0 Å². The Morgan fingerprint density at radius 2 is 1.25 bits per heavy atom. The van der Waals surface area contributed by atoms with Crippen LogP contribution in [0.4, 0.5) is 5.69 Å². The molecule has 36 heavy (non-hydrogen) atoms. The molecule has 0 aliphatic rings. The van der Waals surface area contributed by atoms with Crippen molar-refractivity contribution in [3.05, 3.63) is 109 Å². The van der Waals surface area contributed by atoms with Gasteiger partial charge in [-0.25, -0.2) is 8.42 Å². The average Bonchev–Trinajstić information content (AvgIpc) is 2.84. The maximum Gasteiger partial charge on any atom is 0.299 e. The van der Waals surface area contributed by atoms with E-state index in [0.29, 0.717) is 17.0 Å². The third kappa shape index (κ3) is 5.67. The Morgan fingerprint density at radius 1 is 0.667 bits per heavy atom. The summed E-state index contributed by atoms with van der Waals surface area (Å²) in [4.78, 5) is 0.194. The van der Waals surface area contributed by atoms with E-state index < -0.39 is 19.9 Å². The zero-order valence-corrected chi connectivity index (χ0v) is 22.0. The van der Waals surface area contributed by atoms with Gasteiger partial charge in [0.15, 0.2) is 9.84 Å². The lowest BCUT2D eigenvalue weighted by Gasteiger charge is -2.31. The lowest BCUT2D eigenvalue weighted by molar-refractivity contribution is 0.462. The van der Waals surface area contributed by atoms with Gasteiger partial charge in [0.25, 0.3) is 10.0 Å². The number of rotatable bonds is 8. The largest absolute Gasteiger partial charge is 0.457 e. The fourth-order valence-electron chi connectivity index (χ4n) is 3.93. The van der Waals surface area contributed by atoms with Crippen molar-refractivity contribution in [3.8, 4) is 22.6 Å². The van der Waals surface area contributed by atoms with Gasteiger partial charge in [0, 0.05) is 24.0 Å². The van der Waals surface area contributed by atoms with Gasteiger partial charge in [-0.3, -0.25) is 0 Å². The molecule has 0 bridgehead atoms. The molecule has 0 saturated heterocycles.